The van der Waals surface area contributed by atoms with Crippen LogP contribution < -0.4 is 5.32 Å². The van der Waals surface area contributed by atoms with Gasteiger partial charge in [0.25, 0.3) is 0 Å². The monoisotopic (exact) mass is 388 g/mol. The van der Waals surface area contributed by atoms with Crippen molar-refractivity contribution in [2.75, 3.05) is 53.0 Å². The number of piperazine rings is 1. The maximum absolute atomic E-state index is 12.1. The lowest BCUT2D eigenvalue weighted by Gasteiger charge is -2.37. The highest BCUT2D eigenvalue weighted by Gasteiger charge is 2.32. The summed E-state index contributed by atoms with van der Waals surface area (Å²) in [5, 5.41) is 13.7. The second-order valence-electron chi connectivity index (χ2n) is 7.19. The van der Waals surface area contributed by atoms with Crippen molar-refractivity contribution in [3.05, 3.63) is 35.5 Å². The molecular formula is C20H28N4O4. The number of carboxylic acids is 1. The van der Waals surface area contributed by atoms with E-state index < -0.39 is 12.0 Å². The predicted octanol–water partition coefficient (Wildman–Crippen LogP) is 0.982. The smallest absolute Gasteiger partial charge is 0.325 e. The van der Waals surface area contributed by atoms with E-state index in [4.69, 9.17) is 4.74 Å². The largest absolute Gasteiger partial charge is 0.480 e. The molecule has 1 atom stereocenters. The van der Waals surface area contributed by atoms with Crippen molar-refractivity contribution in [1.82, 2.24) is 20.1 Å². The van der Waals surface area contributed by atoms with Crippen LogP contribution in [0.15, 0.2) is 24.4 Å². The lowest BCUT2D eigenvalue weighted by Crippen LogP contribution is -2.51. The molecule has 3 N–H and O–H groups in total. The number of aromatic amines is 1. The second-order valence-corrected chi connectivity index (χ2v) is 7.19. The minimum Gasteiger partial charge on any atom is -0.480 e. The van der Waals surface area contributed by atoms with E-state index in [1.165, 1.54) is 0 Å². The van der Waals surface area contributed by atoms with Gasteiger partial charge in [-0.05, 0) is 19.1 Å². The van der Waals surface area contributed by atoms with Crippen molar-refractivity contribution in [1.29, 1.82) is 0 Å². The van der Waals surface area contributed by atoms with Gasteiger partial charge in [-0.2, -0.15) is 0 Å². The summed E-state index contributed by atoms with van der Waals surface area (Å²) in [6.45, 7) is 5.82. The van der Waals surface area contributed by atoms with Crippen LogP contribution in [0.1, 0.15) is 17.2 Å². The zero-order valence-electron chi connectivity index (χ0n) is 16.4. The molecule has 0 bridgehead atoms. The number of carboxylic acid groups (broad SMARTS) is 1. The highest BCUT2D eigenvalue weighted by molar-refractivity contribution is 5.89. The van der Waals surface area contributed by atoms with E-state index in [2.05, 4.69) is 15.2 Å². The SMILES string of the molecule is COCCNC(=O)CN1CCN([C@H](C(=O)O)c2c[nH]c3ccc(C)cc23)CC1. The van der Waals surface area contributed by atoms with Crippen LogP contribution in [-0.4, -0.2) is 84.8 Å². The van der Waals surface area contributed by atoms with E-state index in [1.807, 2.05) is 30.0 Å². The standard InChI is InChI=1S/C20H28N4O4/c1-14-3-4-17-15(11-14)16(12-22-17)19(20(26)27)24-8-6-23(7-9-24)13-18(25)21-5-10-28-2/h3-4,11-12,19,22H,5-10,13H2,1-2H3,(H,21,25)(H,26,27)/t19-/m0/s1. The maximum Gasteiger partial charge on any atom is 0.325 e. The highest BCUT2D eigenvalue weighted by Crippen LogP contribution is 2.30. The van der Waals surface area contributed by atoms with Crippen LogP contribution in [0.5, 0.6) is 0 Å². The number of H-pyrrole nitrogens is 1. The highest BCUT2D eigenvalue weighted by atomic mass is 16.5. The summed E-state index contributed by atoms with van der Waals surface area (Å²) < 4.78 is 4.93. The van der Waals surface area contributed by atoms with Crippen molar-refractivity contribution >= 4 is 22.8 Å². The summed E-state index contributed by atoms with van der Waals surface area (Å²) in [6, 6.07) is 5.31. The van der Waals surface area contributed by atoms with Gasteiger partial charge < -0.3 is 20.1 Å². The van der Waals surface area contributed by atoms with Crippen LogP contribution in [0.3, 0.4) is 0 Å². The van der Waals surface area contributed by atoms with Crippen LogP contribution in [-0.2, 0) is 14.3 Å². The molecule has 1 aromatic carbocycles. The molecule has 0 aliphatic carbocycles. The average Bonchev–Trinajstić information content (AvgIpc) is 3.06. The Hall–Kier alpha value is -2.42. The maximum atomic E-state index is 12.1. The molecule has 1 aromatic heterocycles. The lowest BCUT2D eigenvalue weighted by molar-refractivity contribution is -0.144. The van der Waals surface area contributed by atoms with Gasteiger partial charge in [0.2, 0.25) is 5.91 Å². The number of amides is 1. The van der Waals surface area contributed by atoms with Gasteiger partial charge >= 0.3 is 5.97 Å². The summed E-state index contributed by atoms with van der Waals surface area (Å²) in [7, 11) is 1.60. The van der Waals surface area contributed by atoms with Crippen LogP contribution in [0.2, 0.25) is 0 Å². The minimum atomic E-state index is -0.854. The van der Waals surface area contributed by atoms with Gasteiger partial charge in [-0.1, -0.05) is 11.6 Å². The molecule has 3 rings (SSSR count). The van der Waals surface area contributed by atoms with Crippen LogP contribution in [0.4, 0.5) is 0 Å². The average molecular weight is 388 g/mol. The third kappa shape index (κ3) is 4.70. The van der Waals surface area contributed by atoms with Crippen molar-refractivity contribution in [3.63, 3.8) is 0 Å². The summed E-state index contributed by atoms with van der Waals surface area (Å²) in [5.41, 5.74) is 2.83. The fraction of sp³-hybridized carbons (Fsp3) is 0.500. The van der Waals surface area contributed by atoms with E-state index in [0.29, 0.717) is 45.9 Å². The van der Waals surface area contributed by atoms with Crippen molar-refractivity contribution in [2.45, 2.75) is 13.0 Å². The van der Waals surface area contributed by atoms with Gasteiger partial charge in [0, 0.05) is 62.5 Å². The fourth-order valence-corrected chi connectivity index (χ4v) is 3.70. The van der Waals surface area contributed by atoms with Gasteiger partial charge in [0.05, 0.1) is 13.2 Å². The Morgan fingerprint density at radius 3 is 2.71 bits per heavy atom. The molecule has 1 amide bonds. The molecule has 8 nitrogen and oxygen atoms in total. The quantitative estimate of drug-likeness (QED) is 0.584. The van der Waals surface area contributed by atoms with E-state index >= 15 is 0 Å². The van der Waals surface area contributed by atoms with Crippen LogP contribution in [0.25, 0.3) is 10.9 Å². The molecule has 0 unspecified atom stereocenters. The number of ether oxygens (including phenoxy) is 1. The Kier molecular flexibility index (Phi) is 6.66. The number of rotatable bonds is 8. The van der Waals surface area contributed by atoms with Crippen molar-refractivity contribution in [2.24, 2.45) is 0 Å². The molecular weight excluding hydrogens is 360 g/mol. The minimum absolute atomic E-state index is 0.0348. The Balaban J connectivity index is 1.64. The second kappa shape index (κ2) is 9.18. The van der Waals surface area contributed by atoms with Gasteiger partial charge in [-0.15, -0.1) is 0 Å². The number of aliphatic carboxylic acids is 1. The number of carbonyl (C=O) groups excluding carboxylic acids is 1. The molecule has 0 radical (unpaired) electrons. The molecule has 1 saturated heterocycles. The first-order valence-corrected chi connectivity index (χ1v) is 9.52. The number of nitrogens with zero attached hydrogens (tertiary/aromatic N) is 2. The topological polar surface area (TPSA) is 97.9 Å². The van der Waals surface area contributed by atoms with Gasteiger partial charge in [0.15, 0.2) is 0 Å². The number of aryl methyl sites for hydroxylation is 1. The number of hydrogen-bond donors (Lipinski definition) is 3. The predicted molar refractivity (Wildman–Crippen MR) is 106 cm³/mol. The van der Waals surface area contributed by atoms with E-state index in [9.17, 15) is 14.7 Å². The molecule has 152 valence electrons. The Bertz CT molecular complexity index is 827. The number of carbonyl (C=O) groups is 2. The Morgan fingerprint density at radius 2 is 2.04 bits per heavy atom. The lowest BCUT2D eigenvalue weighted by atomic mass is 10.0. The molecule has 0 saturated carbocycles. The van der Waals surface area contributed by atoms with Crippen molar-refractivity contribution < 1.29 is 19.4 Å². The van der Waals surface area contributed by atoms with Crippen LogP contribution in [0, 0.1) is 6.92 Å². The van der Waals surface area contributed by atoms with E-state index in [-0.39, 0.29) is 5.91 Å². The zero-order chi connectivity index (χ0) is 20.1. The van der Waals surface area contributed by atoms with Crippen molar-refractivity contribution in [3.8, 4) is 0 Å². The molecule has 1 aliphatic heterocycles. The first-order valence-electron chi connectivity index (χ1n) is 9.52. The fourth-order valence-electron chi connectivity index (χ4n) is 3.70. The number of fused-ring (bicyclic) bond motifs is 1. The van der Waals surface area contributed by atoms with Crippen LogP contribution >= 0.6 is 0 Å². The van der Waals surface area contributed by atoms with Gasteiger partial charge in [-0.25, -0.2) is 0 Å². The third-order valence-electron chi connectivity index (χ3n) is 5.17. The molecule has 2 heterocycles. The molecule has 0 spiro atoms. The summed E-state index contributed by atoms with van der Waals surface area (Å²) >= 11 is 0. The van der Waals surface area contributed by atoms with Gasteiger partial charge in [-0.3, -0.25) is 19.4 Å². The Labute approximate surface area is 164 Å². The molecule has 2 aromatic rings. The summed E-state index contributed by atoms with van der Waals surface area (Å²) in [4.78, 5) is 31.3. The number of methoxy groups -OCH3 is 1. The normalized spacial score (nSPS) is 16.9. The summed E-state index contributed by atoms with van der Waals surface area (Å²) in [6.07, 6.45) is 1.80. The summed E-state index contributed by atoms with van der Waals surface area (Å²) in [5.74, 6) is -0.888. The number of nitrogens with one attached hydrogen (secondary N) is 2. The number of hydrogen-bond acceptors (Lipinski definition) is 5. The Morgan fingerprint density at radius 1 is 1.29 bits per heavy atom. The third-order valence-corrected chi connectivity index (χ3v) is 5.17. The first kappa shape index (κ1) is 20.3. The zero-order valence-corrected chi connectivity index (χ0v) is 16.4. The molecule has 1 fully saturated rings. The molecule has 28 heavy (non-hydrogen) atoms. The number of aromatic nitrogens is 1. The first-order chi connectivity index (χ1) is 13.5. The number of benzene rings is 1. The molecule has 1 aliphatic rings. The molecule has 8 heteroatoms. The van der Waals surface area contributed by atoms with Gasteiger partial charge in [0.1, 0.15) is 6.04 Å². The van der Waals surface area contributed by atoms with E-state index in [1.54, 1.807) is 13.3 Å². The van der Waals surface area contributed by atoms with E-state index in [0.717, 1.165) is 22.0 Å².